The van der Waals surface area contributed by atoms with E-state index >= 15 is 0 Å². The Morgan fingerprint density at radius 1 is 1.05 bits per heavy atom. The fraction of sp³-hybridized carbons (Fsp3) is 0.316. The van der Waals surface area contributed by atoms with Crippen LogP contribution in [0.3, 0.4) is 0 Å². The minimum Gasteiger partial charge on any atom is -0.494 e. The molecule has 22 heavy (non-hydrogen) atoms. The number of rotatable bonds is 6. The van der Waals surface area contributed by atoms with Crippen LogP contribution >= 0.6 is 0 Å². The molecule has 0 aliphatic carbocycles. The molecule has 116 valence electrons. The summed E-state index contributed by atoms with van der Waals surface area (Å²) >= 11 is 0. The Balaban J connectivity index is 1.93. The first kappa shape index (κ1) is 16.1. The summed E-state index contributed by atoms with van der Waals surface area (Å²) < 4.78 is 11.0. The Morgan fingerprint density at radius 3 is 2.41 bits per heavy atom. The molecule has 0 unspecified atom stereocenters. The normalized spacial score (nSPS) is 10.5. The van der Waals surface area contributed by atoms with Crippen molar-refractivity contribution in [2.24, 2.45) is 5.92 Å². The lowest BCUT2D eigenvalue weighted by Crippen LogP contribution is -2.08. The topological polar surface area (TPSA) is 35.5 Å². The van der Waals surface area contributed by atoms with Gasteiger partial charge in [0, 0.05) is 0 Å². The average Bonchev–Trinajstić information content (AvgIpc) is 2.47. The van der Waals surface area contributed by atoms with E-state index in [-0.39, 0.29) is 5.97 Å². The number of carbonyl (C=O) groups excluding carboxylic acids is 1. The van der Waals surface area contributed by atoms with Crippen LogP contribution in [0.25, 0.3) is 0 Å². The van der Waals surface area contributed by atoms with E-state index < -0.39 is 0 Å². The zero-order valence-electron chi connectivity index (χ0n) is 13.3. The minimum atomic E-state index is -0.362. The molecular weight excluding hydrogens is 276 g/mol. The quantitative estimate of drug-likeness (QED) is 0.575. The maximum atomic E-state index is 12.1. The molecule has 0 aliphatic heterocycles. The predicted octanol–water partition coefficient (Wildman–Crippen LogP) is 4.64. The molecule has 3 nitrogen and oxygen atoms in total. The Kier molecular flexibility index (Phi) is 5.59. The van der Waals surface area contributed by atoms with Crippen molar-refractivity contribution in [1.29, 1.82) is 0 Å². The maximum Gasteiger partial charge on any atom is 0.343 e. The van der Waals surface area contributed by atoms with Gasteiger partial charge in [0.1, 0.15) is 11.5 Å². The van der Waals surface area contributed by atoms with Gasteiger partial charge < -0.3 is 9.47 Å². The number of esters is 1. The number of carbonyl (C=O) groups is 1. The molecule has 0 saturated carbocycles. The number of aryl methyl sites for hydroxylation is 1. The van der Waals surface area contributed by atoms with Gasteiger partial charge in [-0.15, -0.1) is 0 Å². The first-order chi connectivity index (χ1) is 10.5. The minimum absolute atomic E-state index is 0.362. The van der Waals surface area contributed by atoms with Gasteiger partial charge in [-0.25, -0.2) is 4.79 Å². The highest BCUT2D eigenvalue weighted by Gasteiger charge is 2.09. The summed E-state index contributed by atoms with van der Waals surface area (Å²) in [6, 6.07) is 14.5. The van der Waals surface area contributed by atoms with Crippen LogP contribution in [0.5, 0.6) is 11.5 Å². The van der Waals surface area contributed by atoms with Gasteiger partial charge in [0.15, 0.2) is 0 Å². The van der Waals surface area contributed by atoms with Crippen LogP contribution in [-0.4, -0.2) is 12.6 Å². The molecule has 2 aromatic rings. The van der Waals surface area contributed by atoms with E-state index in [1.54, 1.807) is 30.3 Å². The summed E-state index contributed by atoms with van der Waals surface area (Å²) in [5.41, 5.74) is 1.57. The van der Waals surface area contributed by atoms with Gasteiger partial charge in [0.05, 0.1) is 12.2 Å². The predicted molar refractivity (Wildman–Crippen MR) is 87.5 cm³/mol. The van der Waals surface area contributed by atoms with Gasteiger partial charge in [-0.3, -0.25) is 0 Å². The van der Waals surface area contributed by atoms with Crippen LogP contribution in [0.2, 0.25) is 0 Å². The van der Waals surface area contributed by atoms with Crippen LogP contribution in [0.15, 0.2) is 48.5 Å². The van der Waals surface area contributed by atoms with Crippen molar-refractivity contribution in [2.45, 2.75) is 27.2 Å². The second kappa shape index (κ2) is 7.64. The molecule has 0 N–H and O–H groups in total. The standard InChI is InChI=1S/C19H22O3/c1-14(2)11-12-21-17-9-7-16(8-10-17)19(20)22-18-6-4-5-15(3)13-18/h4-10,13-14H,11-12H2,1-3H3. The lowest BCUT2D eigenvalue weighted by Gasteiger charge is -2.09. The highest BCUT2D eigenvalue weighted by molar-refractivity contribution is 5.91. The largest absolute Gasteiger partial charge is 0.494 e. The zero-order valence-corrected chi connectivity index (χ0v) is 13.3. The fourth-order valence-corrected chi connectivity index (χ4v) is 1.94. The molecule has 0 aromatic heterocycles. The lowest BCUT2D eigenvalue weighted by molar-refractivity contribution is 0.0734. The summed E-state index contributed by atoms with van der Waals surface area (Å²) in [6.07, 6.45) is 1.01. The van der Waals surface area contributed by atoms with Crippen molar-refractivity contribution < 1.29 is 14.3 Å². The second-order valence-electron chi connectivity index (χ2n) is 5.76. The van der Waals surface area contributed by atoms with Crippen molar-refractivity contribution in [1.82, 2.24) is 0 Å². The highest BCUT2D eigenvalue weighted by Crippen LogP contribution is 2.17. The molecule has 0 spiro atoms. The van der Waals surface area contributed by atoms with Gasteiger partial charge >= 0.3 is 5.97 Å². The van der Waals surface area contributed by atoms with Gasteiger partial charge in [-0.2, -0.15) is 0 Å². The number of ether oxygens (including phenoxy) is 2. The molecule has 0 aliphatic rings. The molecule has 0 heterocycles. The fourth-order valence-electron chi connectivity index (χ4n) is 1.94. The number of hydrogen-bond acceptors (Lipinski definition) is 3. The molecule has 2 rings (SSSR count). The number of benzene rings is 2. The van der Waals surface area contributed by atoms with Gasteiger partial charge in [-0.1, -0.05) is 26.0 Å². The van der Waals surface area contributed by atoms with E-state index in [0.717, 1.165) is 17.7 Å². The van der Waals surface area contributed by atoms with Gasteiger partial charge in [0.25, 0.3) is 0 Å². The van der Waals surface area contributed by atoms with Crippen LogP contribution < -0.4 is 9.47 Å². The molecule has 0 radical (unpaired) electrons. The van der Waals surface area contributed by atoms with Crippen LogP contribution in [0.1, 0.15) is 36.2 Å². The summed E-state index contributed by atoms with van der Waals surface area (Å²) in [6.45, 7) is 6.97. The molecule has 0 fully saturated rings. The number of hydrogen-bond donors (Lipinski definition) is 0. The van der Waals surface area contributed by atoms with E-state index in [4.69, 9.17) is 9.47 Å². The van der Waals surface area contributed by atoms with Crippen molar-refractivity contribution in [3.05, 3.63) is 59.7 Å². The molecule has 0 amide bonds. The Bertz CT molecular complexity index is 615. The zero-order chi connectivity index (χ0) is 15.9. The Morgan fingerprint density at radius 2 is 1.77 bits per heavy atom. The van der Waals surface area contributed by atoms with Crippen molar-refractivity contribution in [2.75, 3.05) is 6.61 Å². The molecular formula is C19H22O3. The summed E-state index contributed by atoms with van der Waals surface area (Å²) in [5.74, 6) is 1.58. The van der Waals surface area contributed by atoms with Crippen LogP contribution in [-0.2, 0) is 0 Å². The van der Waals surface area contributed by atoms with Gasteiger partial charge in [-0.05, 0) is 61.2 Å². The van der Waals surface area contributed by atoms with Gasteiger partial charge in [0.2, 0.25) is 0 Å². The Hall–Kier alpha value is -2.29. The summed E-state index contributed by atoms with van der Waals surface area (Å²) in [7, 11) is 0. The van der Waals surface area contributed by atoms with E-state index in [2.05, 4.69) is 13.8 Å². The van der Waals surface area contributed by atoms with E-state index in [1.165, 1.54) is 0 Å². The third-order valence-corrected chi connectivity index (χ3v) is 3.25. The SMILES string of the molecule is Cc1cccc(OC(=O)c2ccc(OCCC(C)C)cc2)c1. The van der Waals surface area contributed by atoms with E-state index in [9.17, 15) is 4.79 Å². The average molecular weight is 298 g/mol. The molecule has 0 saturated heterocycles. The van der Waals surface area contributed by atoms with E-state index in [1.807, 2.05) is 25.1 Å². The second-order valence-corrected chi connectivity index (χ2v) is 5.76. The molecule has 0 bridgehead atoms. The smallest absolute Gasteiger partial charge is 0.343 e. The van der Waals surface area contributed by atoms with Crippen molar-refractivity contribution in [3.8, 4) is 11.5 Å². The lowest BCUT2D eigenvalue weighted by atomic mass is 10.1. The monoisotopic (exact) mass is 298 g/mol. The van der Waals surface area contributed by atoms with Crippen LogP contribution in [0, 0.1) is 12.8 Å². The van der Waals surface area contributed by atoms with Crippen molar-refractivity contribution in [3.63, 3.8) is 0 Å². The third-order valence-electron chi connectivity index (χ3n) is 3.25. The van der Waals surface area contributed by atoms with Crippen LogP contribution in [0.4, 0.5) is 0 Å². The summed E-state index contributed by atoms with van der Waals surface area (Å²) in [5, 5.41) is 0. The Labute approximate surface area is 131 Å². The van der Waals surface area contributed by atoms with E-state index in [0.29, 0.717) is 23.8 Å². The first-order valence-electron chi connectivity index (χ1n) is 7.56. The molecule has 0 atom stereocenters. The maximum absolute atomic E-state index is 12.1. The first-order valence-corrected chi connectivity index (χ1v) is 7.56. The molecule has 2 aromatic carbocycles. The van der Waals surface area contributed by atoms with Crippen molar-refractivity contribution >= 4 is 5.97 Å². The summed E-state index contributed by atoms with van der Waals surface area (Å²) in [4.78, 5) is 12.1. The third kappa shape index (κ3) is 4.92. The highest BCUT2D eigenvalue weighted by atomic mass is 16.5. The molecule has 3 heteroatoms.